The highest BCUT2D eigenvalue weighted by molar-refractivity contribution is 6.32. The summed E-state index contributed by atoms with van der Waals surface area (Å²) in [5.41, 5.74) is 8.50. The molecule has 2 unspecified atom stereocenters. The Kier molecular flexibility index (Phi) is 15.4. The minimum Gasteiger partial charge on any atom is -0.493 e. The number of β-amino-alcohol motifs (C(OH)–C–C–N with tert-alkyl or cyclic N) is 1. The molecule has 286 valence electrons. The van der Waals surface area contributed by atoms with Crippen LogP contribution in [0.3, 0.4) is 0 Å². The fraction of sp³-hybridized carbons (Fsp3) is 0.477. The predicted molar refractivity (Wildman–Crippen MR) is 217 cm³/mol. The van der Waals surface area contributed by atoms with Crippen molar-refractivity contribution in [1.29, 1.82) is 0 Å². The van der Waals surface area contributed by atoms with E-state index in [9.17, 15) is 10.2 Å². The Bertz CT molecular complexity index is 1730. The number of aliphatic imine (C=N–C) groups is 1. The van der Waals surface area contributed by atoms with E-state index in [1.165, 1.54) is 19.3 Å². The van der Waals surface area contributed by atoms with Gasteiger partial charge < -0.3 is 29.3 Å². The molecule has 2 saturated heterocycles. The molecule has 0 aliphatic carbocycles. The Balaban J connectivity index is 1.31. The van der Waals surface area contributed by atoms with E-state index in [2.05, 4.69) is 65.6 Å². The average Bonchev–Trinajstić information content (AvgIpc) is 3.14. The smallest absolute Gasteiger partial charge is 0.142 e. The fourth-order valence-corrected chi connectivity index (χ4v) is 7.67. The van der Waals surface area contributed by atoms with Gasteiger partial charge in [-0.25, -0.2) is 0 Å². The van der Waals surface area contributed by atoms with Gasteiger partial charge in [0.05, 0.1) is 24.3 Å². The summed E-state index contributed by atoms with van der Waals surface area (Å²) in [5, 5.41) is 19.8. The van der Waals surface area contributed by atoms with Crippen molar-refractivity contribution in [3.63, 3.8) is 0 Å². The Labute approximate surface area is 321 Å². The van der Waals surface area contributed by atoms with Gasteiger partial charge in [-0.3, -0.25) is 9.89 Å². The van der Waals surface area contributed by atoms with Gasteiger partial charge in [0.2, 0.25) is 0 Å². The van der Waals surface area contributed by atoms with Crippen molar-refractivity contribution < 1.29 is 24.4 Å². The molecule has 2 heterocycles. The number of rotatable bonds is 17. The third-order valence-corrected chi connectivity index (χ3v) is 10.5. The first kappa shape index (κ1) is 40.5. The lowest BCUT2D eigenvalue weighted by molar-refractivity contribution is 0.0386. The van der Waals surface area contributed by atoms with E-state index in [0.29, 0.717) is 43.1 Å². The van der Waals surface area contributed by atoms with Crippen LogP contribution in [0.4, 0.5) is 0 Å². The molecule has 2 aliphatic rings. The molecule has 2 aliphatic heterocycles. The number of aliphatic hydroxyl groups excluding tert-OH is 2. The standard InChI is InChI=1S/C44H58ClN3O5/c1-31(2)20-35(23-46-5)29-52-43-22-44(41(45)21-37(43)25-47-17-7-6-8-18-47)53-30-36-13-9-14-39(32(36)3)40-15-10-16-42(33(40)4)51-28-34-12-11-19-48(24-34)26-38(50)27-49/h9-10,13-16,20-23,34,38,49-50H,1,6-8,11-12,17-19,24-30H2,2-5H3/b35-20+,46-23?. The Hall–Kier alpha value is -3.66. The molecule has 0 spiro atoms. The monoisotopic (exact) mass is 743 g/mol. The number of ether oxygens (including phenoxy) is 3. The second kappa shape index (κ2) is 20.1. The molecule has 0 amide bonds. The Morgan fingerprint density at radius 3 is 2.40 bits per heavy atom. The largest absolute Gasteiger partial charge is 0.493 e. The lowest BCUT2D eigenvalue weighted by Gasteiger charge is -2.33. The number of benzene rings is 3. The zero-order chi connectivity index (χ0) is 37.7. The van der Waals surface area contributed by atoms with Crippen LogP contribution in [0.15, 0.2) is 77.3 Å². The van der Waals surface area contributed by atoms with Crippen LogP contribution >= 0.6 is 11.6 Å². The average molecular weight is 744 g/mol. The summed E-state index contributed by atoms with van der Waals surface area (Å²) in [5.74, 6) is 2.60. The summed E-state index contributed by atoms with van der Waals surface area (Å²) >= 11 is 6.91. The van der Waals surface area contributed by atoms with Gasteiger partial charge >= 0.3 is 0 Å². The van der Waals surface area contributed by atoms with Crippen molar-refractivity contribution >= 4 is 17.8 Å². The molecule has 3 aromatic carbocycles. The molecule has 0 saturated carbocycles. The number of hydrogen-bond donors (Lipinski definition) is 2. The van der Waals surface area contributed by atoms with E-state index in [0.717, 1.165) is 102 Å². The summed E-state index contributed by atoms with van der Waals surface area (Å²) in [6.07, 6.45) is 8.93. The van der Waals surface area contributed by atoms with Crippen molar-refractivity contribution in [2.45, 2.75) is 72.1 Å². The van der Waals surface area contributed by atoms with Gasteiger partial charge in [0.1, 0.15) is 30.5 Å². The normalized spacial score (nSPS) is 17.9. The van der Waals surface area contributed by atoms with E-state index >= 15 is 0 Å². The number of nitrogens with zero attached hydrogens (tertiary/aromatic N) is 3. The van der Waals surface area contributed by atoms with Gasteiger partial charge in [-0.2, -0.15) is 0 Å². The lowest BCUT2D eigenvalue weighted by Crippen LogP contribution is -2.42. The molecule has 2 fully saturated rings. The van der Waals surface area contributed by atoms with Crippen LogP contribution in [0, 0.1) is 19.8 Å². The highest BCUT2D eigenvalue weighted by Crippen LogP contribution is 2.37. The molecule has 3 aromatic rings. The van der Waals surface area contributed by atoms with Gasteiger partial charge in [0, 0.05) is 56.0 Å². The fourth-order valence-electron chi connectivity index (χ4n) is 7.43. The van der Waals surface area contributed by atoms with Crippen LogP contribution < -0.4 is 14.2 Å². The minimum absolute atomic E-state index is 0.211. The second-order valence-electron chi connectivity index (χ2n) is 14.7. The van der Waals surface area contributed by atoms with Crippen molar-refractivity contribution in [2.24, 2.45) is 10.9 Å². The minimum atomic E-state index is -0.703. The molecule has 53 heavy (non-hydrogen) atoms. The Morgan fingerprint density at radius 1 is 0.925 bits per heavy atom. The summed E-state index contributed by atoms with van der Waals surface area (Å²) < 4.78 is 19.3. The van der Waals surface area contributed by atoms with Crippen LogP contribution in [-0.2, 0) is 13.2 Å². The molecular weight excluding hydrogens is 686 g/mol. The summed E-state index contributed by atoms with van der Waals surface area (Å²) in [6.45, 7) is 16.6. The van der Waals surface area contributed by atoms with Crippen LogP contribution in [0.2, 0.25) is 5.02 Å². The van der Waals surface area contributed by atoms with E-state index < -0.39 is 6.10 Å². The molecule has 2 N–H and O–H groups in total. The maximum atomic E-state index is 9.92. The number of halogens is 1. The first-order chi connectivity index (χ1) is 25.6. The van der Waals surface area contributed by atoms with Crippen molar-refractivity contribution in [2.75, 3.05) is 59.6 Å². The molecule has 2 atom stereocenters. The third-order valence-electron chi connectivity index (χ3n) is 10.2. The quantitative estimate of drug-likeness (QED) is 0.107. The number of piperidine rings is 2. The van der Waals surface area contributed by atoms with E-state index in [1.807, 2.05) is 37.4 Å². The van der Waals surface area contributed by atoms with Gasteiger partial charge in [0.25, 0.3) is 0 Å². The SMILES string of the molecule is C=C(C)/C=C(\C=NC)COc1cc(OCc2cccc(-c3cccc(OCC4CCCN(CC(O)CO)C4)c3C)c2C)c(Cl)cc1CN1CCCCC1. The number of hydrogen-bond acceptors (Lipinski definition) is 8. The molecule has 5 rings (SSSR count). The lowest BCUT2D eigenvalue weighted by atomic mass is 9.93. The summed E-state index contributed by atoms with van der Waals surface area (Å²) in [4.78, 5) is 8.90. The number of likely N-dealkylation sites (tertiary alicyclic amines) is 2. The van der Waals surface area contributed by atoms with Gasteiger partial charge in [-0.1, -0.05) is 66.6 Å². The van der Waals surface area contributed by atoms with Gasteiger partial charge in [0.15, 0.2) is 0 Å². The topological polar surface area (TPSA) is 87.0 Å². The molecule has 8 nitrogen and oxygen atoms in total. The first-order valence-corrected chi connectivity index (χ1v) is 19.4. The molecular formula is C44H58ClN3O5. The van der Waals surface area contributed by atoms with E-state index in [-0.39, 0.29) is 6.61 Å². The third kappa shape index (κ3) is 11.7. The number of allylic oxidation sites excluding steroid dienone is 2. The van der Waals surface area contributed by atoms with Gasteiger partial charge in [-0.15, -0.1) is 0 Å². The van der Waals surface area contributed by atoms with Crippen LogP contribution in [-0.4, -0.2) is 91.9 Å². The first-order valence-electron chi connectivity index (χ1n) is 19.1. The highest BCUT2D eigenvalue weighted by atomic mass is 35.5. The maximum absolute atomic E-state index is 9.92. The zero-order valence-corrected chi connectivity index (χ0v) is 32.8. The summed E-state index contributed by atoms with van der Waals surface area (Å²) in [6, 6.07) is 16.5. The van der Waals surface area contributed by atoms with Crippen molar-refractivity contribution in [3.8, 4) is 28.4 Å². The van der Waals surface area contributed by atoms with Crippen LogP contribution in [0.1, 0.15) is 61.3 Å². The molecule has 0 radical (unpaired) electrons. The summed E-state index contributed by atoms with van der Waals surface area (Å²) in [7, 11) is 1.76. The highest BCUT2D eigenvalue weighted by Gasteiger charge is 2.23. The predicted octanol–water partition coefficient (Wildman–Crippen LogP) is 8.21. The maximum Gasteiger partial charge on any atom is 0.142 e. The van der Waals surface area contributed by atoms with Crippen molar-refractivity contribution in [1.82, 2.24) is 9.80 Å². The number of aliphatic hydroxyl groups is 2. The van der Waals surface area contributed by atoms with Crippen LogP contribution in [0.25, 0.3) is 11.1 Å². The van der Waals surface area contributed by atoms with Gasteiger partial charge in [-0.05, 0) is 106 Å². The van der Waals surface area contributed by atoms with E-state index in [4.69, 9.17) is 25.8 Å². The van der Waals surface area contributed by atoms with Crippen LogP contribution in [0.5, 0.6) is 17.2 Å². The van der Waals surface area contributed by atoms with E-state index in [1.54, 1.807) is 7.05 Å². The molecule has 9 heteroatoms. The van der Waals surface area contributed by atoms with Crippen molar-refractivity contribution in [3.05, 3.63) is 99.6 Å². The molecule has 0 aromatic heterocycles. The molecule has 0 bridgehead atoms. The second-order valence-corrected chi connectivity index (χ2v) is 15.1. The Morgan fingerprint density at radius 2 is 1.66 bits per heavy atom. The zero-order valence-electron chi connectivity index (χ0n) is 32.1.